The molecule has 112 valence electrons. The highest BCUT2D eigenvalue weighted by Crippen LogP contribution is 2.38. The molecule has 1 amide bonds. The van der Waals surface area contributed by atoms with Crippen LogP contribution in [0.1, 0.15) is 20.7 Å². The predicted octanol–water partition coefficient (Wildman–Crippen LogP) is 1.92. The molecule has 2 aromatic carbocycles. The molecular weight excluding hydrogens is 286 g/mol. The summed E-state index contributed by atoms with van der Waals surface area (Å²) in [6.07, 6.45) is 0. The first-order valence-electron chi connectivity index (χ1n) is 6.63. The molecule has 3 rings (SSSR count). The normalized spacial score (nSPS) is 12.7. The number of nitrogens with two attached hydrogens (primary N) is 1. The molecule has 3 N–H and O–H groups in total. The topological polar surface area (TPSA) is 98.9 Å². The lowest BCUT2D eigenvalue weighted by Crippen LogP contribution is -2.18. The van der Waals surface area contributed by atoms with Crippen molar-refractivity contribution in [2.24, 2.45) is 5.73 Å². The second-order valence-corrected chi connectivity index (χ2v) is 4.79. The number of fused-ring (bicyclic) bond motifs is 1. The molecule has 0 aliphatic carbocycles. The third-order valence-electron chi connectivity index (χ3n) is 3.38. The molecule has 0 fully saturated rings. The van der Waals surface area contributed by atoms with Crippen LogP contribution in [0.15, 0.2) is 36.4 Å². The van der Waals surface area contributed by atoms with E-state index in [1.165, 1.54) is 6.07 Å². The highest BCUT2D eigenvalue weighted by atomic mass is 16.6. The number of benzene rings is 2. The molecule has 1 aliphatic rings. The van der Waals surface area contributed by atoms with Gasteiger partial charge in [0.1, 0.15) is 18.8 Å². The molecule has 6 heteroatoms. The average molecular weight is 299 g/mol. The minimum Gasteiger partial charge on any atom is -0.486 e. The monoisotopic (exact) mass is 299 g/mol. The third kappa shape index (κ3) is 2.46. The van der Waals surface area contributed by atoms with Gasteiger partial charge in [-0.05, 0) is 35.4 Å². The van der Waals surface area contributed by atoms with Crippen molar-refractivity contribution in [3.63, 3.8) is 0 Å². The van der Waals surface area contributed by atoms with Gasteiger partial charge in [0, 0.05) is 5.56 Å². The Labute approximate surface area is 126 Å². The van der Waals surface area contributed by atoms with Crippen LogP contribution in [0.4, 0.5) is 0 Å². The smallest absolute Gasteiger partial charge is 0.339 e. The van der Waals surface area contributed by atoms with E-state index >= 15 is 0 Å². The van der Waals surface area contributed by atoms with Crippen LogP contribution in [0, 0.1) is 0 Å². The van der Waals surface area contributed by atoms with E-state index in [0.29, 0.717) is 30.1 Å². The number of ether oxygens (including phenoxy) is 2. The largest absolute Gasteiger partial charge is 0.486 e. The highest BCUT2D eigenvalue weighted by Gasteiger charge is 2.22. The second kappa shape index (κ2) is 5.40. The van der Waals surface area contributed by atoms with Gasteiger partial charge in [-0.1, -0.05) is 12.1 Å². The number of primary amides is 1. The maximum Gasteiger partial charge on any atom is 0.339 e. The molecule has 0 unspecified atom stereocenters. The van der Waals surface area contributed by atoms with Gasteiger partial charge in [0.05, 0.1) is 0 Å². The molecule has 2 aromatic rings. The van der Waals surface area contributed by atoms with Crippen LogP contribution < -0.4 is 15.2 Å². The van der Waals surface area contributed by atoms with Crippen molar-refractivity contribution in [2.75, 3.05) is 13.2 Å². The van der Waals surface area contributed by atoms with Crippen LogP contribution >= 0.6 is 0 Å². The molecular formula is C16H13NO5. The van der Waals surface area contributed by atoms with E-state index < -0.39 is 11.9 Å². The second-order valence-electron chi connectivity index (χ2n) is 4.79. The summed E-state index contributed by atoms with van der Waals surface area (Å²) >= 11 is 0. The van der Waals surface area contributed by atoms with Gasteiger partial charge < -0.3 is 20.3 Å². The lowest BCUT2D eigenvalue weighted by Gasteiger charge is -2.21. The molecule has 0 spiro atoms. The van der Waals surface area contributed by atoms with Crippen LogP contribution in [-0.2, 0) is 0 Å². The Bertz CT molecular complexity index is 752. The Hall–Kier alpha value is -3.02. The molecule has 0 saturated heterocycles. The molecule has 1 heterocycles. The van der Waals surface area contributed by atoms with Crippen LogP contribution in [0.5, 0.6) is 11.5 Å². The Morgan fingerprint density at radius 2 is 1.68 bits per heavy atom. The Morgan fingerprint density at radius 3 is 2.32 bits per heavy atom. The molecule has 6 nitrogen and oxygen atoms in total. The first kappa shape index (κ1) is 13.9. The highest BCUT2D eigenvalue weighted by molar-refractivity contribution is 5.95. The number of amides is 1. The summed E-state index contributed by atoms with van der Waals surface area (Å²) in [5.74, 6) is -0.950. The van der Waals surface area contributed by atoms with Gasteiger partial charge in [-0.2, -0.15) is 0 Å². The van der Waals surface area contributed by atoms with Crippen molar-refractivity contribution < 1.29 is 24.2 Å². The number of hydrogen-bond donors (Lipinski definition) is 2. The average Bonchev–Trinajstić information content (AvgIpc) is 2.53. The third-order valence-corrected chi connectivity index (χ3v) is 3.38. The fourth-order valence-electron chi connectivity index (χ4n) is 2.31. The minimum absolute atomic E-state index is 0.0474. The first-order chi connectivity index (χ1) is 10.6. The predicted molar refractivity (Wildman–Crippen MR) is 78.3 cm³/mol. The maximum absolute atomic E-state index is 11.4. The molecule has 0 aromatic heterocycles. The fraction of sp³-hybridized carbons (Fsp3) is 0.125. The summed E-state index contributed by atoms with van der Waals surface area (Å²) in [5.41, 5.74) is 7.06. The van der Waals surface area contributed by atoms with Crippen molar-refractivity contribution in [1.29, 1.82) is 0 Å². The number of carboxylic acids is 1. The van der Waals surface area contributed by atoms with Gasteiger partial charge >= 0.3 is 5.97 Å². The summed E-state index contributed by atoms with van der Waals surface area (Å²) < 4.78 is 10.9. The molecule has 22 heavy (non-hydrogen) atoms. The van der Waals surface area contributed by atoms with E-state index in [0.717, 1.165) is 5.56 Å². The van der Waals surface area contributed by atoms with E-state index in [-0.39, 0.29) is 11.3 Å². The van der Waals surface area contributed by atoms with Crippen molar-refractivity contribution in [2.45, 2.75) is 0 Å². The molecule has 0 saturated carbocycles. The van der Waals surface area contributed by atoms with E-state index in [1.54, 1.807) is 30.3 Å². The number of carbonyl (C=O) groups excluding carboxylic acids is 1. The zero-order valence-corrected chi connectivity index (χ0v) is 11.5. The number of carbonyl (C=O) groups is 2. The van der Waals surface area contributed by atoms with Crippen LogP contribution in [-0.4, -0.2) is 30.2 Å². The summed E-state index contributed by atoms with van der Waals surface area (Å²) in [5, 5.41) is 9.33. The van der Waals surface area contributed by atoms with E-state index in [2.05, 4.69) is 0 Å². The molecule has 1 aliphatic heterocycles. The Morgan fingerprint density at radius 1 is 1.00 bits per heavy atom. The summed E-state index contributed by atoms with van der Waals surface area (Å²) in [7, 11) is 0. The van der Waals surface area contributed by atoms with Gasteiger partial charge in [0.2, 0.25) is 5.91 Å². The van der Waals surface area contributed by atoms with Crippen molar-refractivity contribution in [3.8, 4) is 22.6 Å². The molecule has 0 atom stereocenters. The van der Waals surface area contributed by atoms with E-state index in [1.807, 2.05) is 0 Å². The number of rotatable bonds is 3. The van der Waals surface area contributed by atoms with Crippen molar-refractivity contribution in [1.82, 2.24) is 0 Å². The van der Waals surface area contributed by atoms with Crippen molar-refractivity contribution in [3.05, 3.63) is 47.5 Å². The van der Waals surface area contributed by atoms with Crippen LogP contribution in [0.25, 0.3) is 11.1 Å². The minimum atomic E-state index is -1.09. The van der Waals surface area contributed by atoms with Crippen LogP contribution in [0.2, 0.25) is 0 Å². The standard InChI is InChI=1S/C16H13NO5/c17-15(18)10-3-1-9(2-4-10)11-7-12(16(19)20)14-13(8-11)21-5-6-22-14/h1-4,7-8H,5-6H2,(H2,17,18)(H,19,20). The molecule has 0 radical (unpaired) electrons. The number of hydrogen-bond acceptors (Lipinski definition) is 4. The zero-order valence-electron chi connectivity index (χ0n) is 11.5. The van der Waals surface area contributed by atoms with Gasteiger partial charge in [-0.25, -0.2) is 4.79 Å². The van der Waals surface area contributed by atoms with Crippen molar-refractivity contribution >= 4 is 11.9 Å². The lowest BCUT2D eigenvalue weighted by molar-refractivity contribution is 0.0686. The zero-order chi connectivity index (χ0) is 15.7. The van der Waals surface area contributed by atoms with Gasteiger partial charge in [-0.15, -0.1) is 0 Å². The van der Waals surface area contributed by atoms with Gasteiger partial charge in [0.25, 0.3) is 0 Å². The van der Waals surface area contributed by atoms with Gasteiger partial charge in [0.15, 0.2) is 11.5 Å². The Balaban J connectivity index is 2.09. The fourth-order valence-corrected chi connectivity index (χ4v) is 2.31. The SMILES string of the molecule is NC(=O)c1ccc(-c2cc3c(c(C(=O)O)c2)OCCO3)cc1. The number of carboxylic acid groups (broad SMARTS) is 1. The quantitative estimate of drug-likeness (QED) is 0.902. The maximum atomic E-state index is 11.4. The van der Waals surface area contributed by atoms with Gasteiger partial charge in [-0.3, -0.25) is 4.79 Å². The van der Waals surface area contributed by atoms with Crippen LogP contribution in [0.3, 0.4) is 0 Å². The summed E-state index contributed by atoms with van der Waals surface area (Å²) in [4.78, 5) is 22.5. The van der Waals surface area contributed by atoms with E-state index in [4.69, 9.17) is 15.2 Å². The summed E-state index contributed by atoms with van der Waals surface area (Å²) in [6, 6.07) is 9.84. The lowest BCUT2D eigenvalue weighted by atomic mass is 10.00. The summed E-state index contributed by atoms with van der Waals surface area (Å²) in [6.45, 7) is 0.691. The van der Waals surface area contributed by atoms with E-state index in [9.17, 15) is 14.7 Å². The number of aromatic carboxylic acids is 1. The Kier molecular flexibility index (Phi) is 3.42. The first-order valence-corrected chi connectivity index (χ1v) is 6.63. The molecule has 0 bridgehead atoms.